The highest BCUT2D eigenvalue weighted by atomic mass is 19.1. The van der Waals surface area contributed by atoms with E-state index < -0.39 is 5.97 Å². The van der Waals surface area contributed by atoms with Crippen molar-refractivity contribution in [1.29, 1.82) is 0 Å². The van der Waals surface area contributed by atoms with Gasteiger partial charge in [-0.25, -0.2) is 9.18 Å². The second-order valence-corrected chi connectivity index (χ2v) is 6.99. The summed E-state index contributed by atoms with van der Waals surface area (Å²) in [5.74, 6) is -0.967. The summed E-state index contributed by atoms with van der Waals surface area (Å²) >= 11 is 0. The molecule has 0 saturated heterocycles. The molecule has 0 spiro atoms. The number of hydrogen-bond donors (Lipinski definition) is 1. The SMILES string of the molecule is CCC(=O)c1c(-c2ccc(F)cc2)oc2ccc(-c3cccc(C(=O)O)c3OC)cc12. The molecule has 0 amide bonds. The highest BCUT2D eigenvalue weighted by molar-refractivity contribution is 6.12. The van der Waals surface area contributed by atoms with Crippen LogP contribution in [0.3, 0.4) is 0 Å². The summed E-state index contributed by atoms with van der Waals surface area (Å²) in [7, 11) is 1.42. The molecule has 0 unspecified atom stereocenters. The Bertz CT molecular complexity index is 1300. The summed E-state index contributed by atoms with van der Waals surface area (Å²) < 4.78 is 24.8. The number of ether oxygens (including phenoxy) is 1. The van der Waals surface area contributed by atoms with Crippen molar-refractivity contribution in [2.75, 3.05) is 7.11 Å². The summed E-state index contributed by atoms with van der Waals surface area (Å²) in [6.45, 7) is 1.76. The van der Waals surface area contributed by atoms with Crippen LogP contribution in [0.4, 0.5) is 4.39 Å². The van der Waals surface area contributed by atoms with E-state index in [1.165, 1.54) is 25.3 Å². The van der Waals surface area contributed by atoms with Crippen molar-refractivity contribution in [1.82, 2.24) is 0 Å². The molecule has 4 aromatic rings. The number of furan rings is 1. The number of fused-ring (bicyclic) bond motifs is 1. The molecule has 0 bridgehead atoms. The third kappa shape index (κ3) is 3.57. The van der Waals surface area contributed by atoms with Crippen molar-refractivity contribution in [2.45, 2.75) is 13.3 Å². The lowest BCUT2D eigenvalue weighted by atomic mass is 9.96. The van der Waals surface area contributed by atoms with Gasteiger partial charge in [0.15, 0.2) is 5.78 Å². The van der Waals surface area contributed by atoms with Crippen LogP contribution < -0.4 is 4.74 Å². The molecule has 5 nitrogen and oxygen atoms in total. The van der Waals surface area contributed by atoms with E-state index in [0.717, 1.165) is 0 Å². The van der Waals surface area contributed by atoms with Gasteiger partial charge in [0.05, 0.1) is 12.7 Å². The summed E-state index contributed by atoms with van der Waals surface area (Å²) in [6, 6.07) is 15.9. The van der Waals surface area contributed by atoms with E-state index in [-0.39, 0.29) is 29.3 Å². The molecule has 0 fully saturated rings. The number of aromatic carboxylic acids is 1. The van der Waals surface area contributed by atoms with Crippen molar-refractivity contribution in [3.8, 4) is 28.2 Å². The highest BCUT2D eigenvalue weighted by Gasteiger charge is 2.23. The first kappa shape index (κ1) is 20.3. The van der Waals surface area contributed by atoms with Crippen LogP contribution in [0.25, 0.3) is 33.4 Å². The number of Topliss-reactive ketones (excluding diaryl/α,β-unsaturated/α-hetero) is 1. The summed E-state index contributed by atoms with van der Waals surface area (Å²) in [5.41, 5.74) is 2.84. The zero-order valence-corrected chi connectivity index (χ0v) is 16.9. The topological polar surface area (TPSA) is 76.7 Å². The lowest BCUT2D eigenvalue weighted by molar-refractivity contribution is 0.0693. The summed E-state index contributed by atoms with van der Waals surface area (Å²) in [5, 5.41) is 10.1. The smallest absolute Gasteiger partial charge is 0.339 e. The van der Waals surface area contributed by atoms with Gasteiger partial charge in [-0.3, -0.25) is 4.79 Å². The first-order valence-electron chi connectivity index (χ1n) is 9.71. The monoisotopic (exact) mass is 418 g/mol. The maximum atomic E-state index is 13.4. The largest absolute Gasteiger partial charge is 0.495 e. The van der Waals surface area contributed by atoms with E-state index in [1.54, 1.807) is 49.4 Å². The van der Waals surface area contributed by atoms with Crippen molar-refractivity contribution in [2.24, 2.45) is 0 Å². The molecule has 0 saturated carbocycles. The fraction of sp³-hybridized carbons (Fsp3) is 0.120. The Hall–Kier alpha value is -3.93. The van der Waals surface area contributed by atoms with Crippen LogP contribution in [-0.4, -0.2) is 24.0 Å². The number of para-hydroxylation sites is 1. The first-order chi connectivity index (χ1) is 14.9. The maximum Gasteiger partial charge on any atom is 0.339 e. The van der Waals surface area contributed by atoms with Gasteiger partial charge in [-0.1, -0.05) is 25.1 Å². The lowest BCUT2D eigenvalue weighted by Gasteiger charge is -2.11. The Kier molecular flexibility index (Phi) is 5.29. The van der Waals surface area contributed by atoms with E-state index in [9.17, 15) is 19.1 Å². The number of carboxylic acids is 1. The molecular weight excluding hydrogens is 399 g/mol. The van der Waals surface area contributed by atoms with Crippen LogP contribution in [0.5, 0.6) is 5.75 Å². The van der Waals surface area contributed by atoms with Crippen LogP contribution in [0.15, 0.2) is 65.1 Å². The predicted molar refractivity (Wildman–Crippen MR) is 115 cm³/mol. The number of carbonyl (C=O) groups is 2. The number of benzene rings is 3. The van der Waals surface area contributed by atoms with E-state index in [2.05, 4.69) is 0 Å². The van der Waals surface area contributed by atoms with Gasteiger partial charge in [0.2, 0.25) is 0 Å². The minimum Gasteiger partial charge on any atom is -0.495 e. The van der Waals surface area contributed by atoms with E-state index in [4.69, 9.17) is 9.15 Å². The fourth-order valence-corrected chi connectivity index (χ4v) is 3.68. The van der Waals surface area contributed by atoms with E-state index in [0.29, 0.717) is 39.0 Å². The van der Waals surface area contributed by atoms with Crippen molar-refractivity contribution < 1.29 is 28.2 Å². The molecule has 1 heterocycles. The molecule has 0 aliphatic heterocycles. The standard InChI is InChI=1S/C25H19FO5/c1-3-20(27)22-19-13-15(17-5-4-6-18(25(28)29)24(17)30-2)9-12-21(19)31-23(22)14-7-10-16(26)11-8-14/h4-13H,3H2,1-2H3,(H,28,29). The molecule has 156 valence electrons. The Morgan fingerprint density at radius 2 is 1.74 bits per heavy atom. The summed E-state index contributed by atoms with van der Waals surface area (Å²) in [4.78, 5) is 24.4. The predicted octanol–water partition coefficient (Wildman–Crippen LogP) is 6.21. The minimum absolute atomic E-state index is 0.0455. The van der Waals surface area contributed by atoms with Crippen LogP contribution in [0.1, 0.15) is 34.1 Å². The van der Waals surface area contributed by atoms with Gasteiger partial charge in [-0.15, -0.1) is 0 Å². The number of carbonyl (C=O) groups excluding carboxylic acids is 1. The molecule has 6 heteroatoms. The summed E-state index contributed by atoms with van der Waals surface area (Å²) in [6.07, 6.45) is 0.269. The Labute approximate surface area is 177 Å². The highest BCUT2D eigenvalue weighted by Crippen LogP contribution is 2.39. The van der Waals surface area contributed by atoms with Crippen molar-refractivity contribution in [3.05, 3.63) is 77.6 Å². The number of hydrogen-bond acceptors (Lipinski definition) is 4. The Balaban J connectivity index is 1.96. The van der Waals surface area contributed by atoms with Crippen molar-refractivity contribution >= 4 is 22.7 Å². The lowest BCUT2D eigenvalue weighted by Crippen LogP contribution is -2.01. The van der Waals surface area contributed by atoms with Crippen LogP contribution in [0.2, 0.25) is 0 Å². The zero-order chi connectivity index (χ0) is 22.1. The van der Waals surface area contributed by atoms with Gasteiger partial charge < -0.3 is 14.3 Å². The third-order valence-electron chi connectivity index (χ3n) is 5.15. The fourth-order valence-electron chi connectivity index (χ4n) is 3.68. The van der Waals surface area contributed by atoms with Crippen LogP contribution in [-0.2, 0) is 0 Å². The Morgan fingerprint density at radius 1 is 1.03 bits per heavy atom. The molecular formula is C25H19FO5. The second-order valence-electron chi connectivity index (χ2n) is 6.99. The number of methoxy groups -OCH3 is 1. The molecule has 3 aromatic carbocycles. The van der Waals surface area contributed by atoms with Gasteiger partial charge in [0, 0.05) is 22.9 Å². The second kappa shape index (κ2) is 8.07. The number of rotatable bonds is 6. The average Bonchev–Trinajstić information content (AvgIpc) is 3.17. The zero-order valence-electron chi connectivity index (χ0n) is 16.9. The van der Waals surface area contributed by atoms with Gasteiger partial charge in [-0.2, -0.15) is 0 Å². The average molecular weight is 418 g/mol. The van der Waals surface area contributed by atoms with Crippen LogP contribution >= 0.6 is 0 Å². The normalized spacial score (nSPS) is 10.9. The molecule has 0 aliphatic carbocycles. The number of halogens is 1. The molecule has 4 rings (SSSR count). The van der Waals surface area contributed by atoms with Crippen molar-refractivity contribution in [3.63, 3.8) is 0 Å². The maximum absolute atomic E-state index is 13.4. The van der Waals surface area contributed by atoms with E-state index in [1.807, 2.05) is 0 Å². The van der Waals surface area contributed by atoms with Gasteiger partial charge in [0.25, 0.3) is 0 Å². The molecule has 1 aromatic heterocycles. The van der Waals surface area contributed by atoms with Gasteiger partial charge >= 0.3 is 5.97 Å². The molecule has 31 heavy (non-hydrogen) atoms. The minimum atomic E-state index is -1.09. The quantitative estimate of drug-likeness (QED) is 0.377. The molecule has 1 N–H and O–H groups in total. The first-order valence-corrected chi connectivity index (χ1v) is 9.71. The van der Waals surface area contributed by atoms with Gasteiger partial charge in [-0.05, 0) is 48.0 Å². The van der Waals surface area contributed by atoms with E-state index >= 15 is 0 Å². The molecule has 0 aliphatic rings. The van der Waals surface area contributed by atoms with Crippen LogP contribution in [0, 0.1) is 5.82 Å². The number of carboxylic acid groups (broad SMARTS) is 1. The van der Waals surface area contributed by atoms with Gasteiger partial charge in [0.1, 0.15) is 28.5 Å². The number of ketones is 1. The molecule has 0 radical (unpaired) electrons. The third-order valence-corrected chi connectivity index (χ3v) is 5.15. The Morgan fingerprint density at radius 3 is 2.39 bits per heavy atom. The molecule has 0 atom stereocenters.